The van der Waals surface area contributed by atoms with Crippen molar-refractivity contribution in [1.82, 2.24) is 10.6 Å². The highest BCUT2D eigenvalue weighted by Crippen LogP contribution is 2.02. The number of carbonyl (C=O) groups excluding carboxylic acids is 3. The minimum Gasteiger partial charge on any atom is -0.445 e. The summed E-state index contributed by atoms with van der Waals surface area (Å²) in [6, 6.07) is 7.55. The number of nitrogens with one attached hydrogen (secondary N) is 2. The molecule has 0 aromatic heterocycles. The molecule has 4 N–H and O–H groups in total. The number of alkyl carbamates (subject to hydrolysis) is 1. The number of hydrogen-bond acceptors (Lipinski definition) is 4. The van der Waals surface area contributed by atoms with Crippen LogP contribution in [0.25, 0.3) is 0 Å². The number of primary amides is 1. The fourth-order valence-electron chi connectivity index (χ4n) is 1.85. The van der Waals surface area contributed by atoms with E-state index in [4.69, 9.17) is 10.5 Å². The molecule has 0 aliphatic carbocycles. The summed E-state index contributed by atoms with van der Waals surface area (Å²) in [5.74, 6) is -1.26. The van der Waals surface area contributed by atoms with Gasteiger partial charge in [0.05, 0.1) is 0 Å². The number of hydrogen-bond donors (Lipinski definition) is 3. The molecule has 7 nitrogen and oxygen atoms in total. The van der Waals surface area contributed by atoms with Crippen molar-refractivity contribution in [2.24, 2.45) is 11.7 Å². The van der Waals surface area contributed by atoms with Crippen molar-refractivity contribution in [3.05, 3.63) is 35.9 Å². The lowest BCUT2D eigenvalue weighted by atomic mass is 10.0. The minimum atomic E-state index is -0.848. The van der Waals surface area contributed by atoms with E-state index in [1.807, 2.05) is 30.3 Å². The van der Waals surface area contributed by atoms with Gasteiger partial charge in [0, 0.05) is 0 Å². The summed E-state index contributed by atoms with van der Waals surface area (Å²) in [7, 11) is 0. The molecule has 0 fully saturated rings. The summed E-state index contributed by atoms with van der Waals surface area (Å²) in [5, 5.41) is 4.92. The van der Waals surface area contributed by atoms with Gasteiger partial charge in [0.15, 0.2) is 0 Å². The van der Waals surface area contributed by atoms with Gasteiger partial charge in [-0.15, -0.1) is 0 Å². The van der Waals surface area contributed by atoms with E-state index in [2.05, 4.69) is 10.6 Å². The first-order chi connectivity index (χ1) is 10.8. The van der Waals surface area contributed by atoms with Crippen LogP contribution in [-0.2, 0) is 20.9 Å². The maximum Gasteiger partial charge on any atom is 0.408 e. The highest BCUT2D eigenvalue weighted by Gasteiger charge is 2.25. The standard InChI is InChI=1S/C16H23N3O4/c1-10(2)13(14(17)20)19-15(21)11(3)18-16(22)23-9-12-7-5-4-6-8-12/h4-8,10-11,13H,9H2,1-3H3,(H2,17,20)(H,18,22)(H,19,21)/t11-,13-/m0/s1. The van der Waals surface area contributed by atoms with Crippen LogP contribution in [0.15, 0.2) is 30.3 Å². The Morgan fingerprint density at radius 3 is 2.22 bits per heavy atom. The van der Waals surface area contributed by atoms with Gasteiger partial charge >= 0.3 is 6.09 Å². The van der Waals surface area contributed by atoms with Gasteiger partial charge in [-0.25, -0.2) is 4.79 Å². The van der Waals surface area contributed by atoms with Gasteiger partial charge in [-0.2, -0.15) is 0 Å². The van der Waals surface area contributed by atoms with Gasteiger partial charge in [0.1, 0.15) is 18.7 Å². The summed E-state index contributed by atoms with van der Waals surface area (Å²) < 4.78 is 5.03. The van der Waals surface area contributed by atoms with E-state index in [-0.39, 0.29) is 12.5 Å². The van der Waals surface area contributed by atoms with E-state index >= 15 is 0 Å². The van der Waals surface area contributed by atoms with Gasteiger partial charge < -0.3 is 21.1 Å². The predicted molar refractivity (Wildman–Crippen MR) is 85.2 cm³/mol. The van der Waals surface area contributed by atoms with Gasteiger partial charge in [-0.1, -0.05) is 44.2 Å². The zero-order chi connectivity index (χ0) is 17.4. The molecule has 1 aromatic rings. The normalized spacial score (nSPS) is 13.0. The molecule has 3 amide bonds. The first-order valence-corrected chi connectivity index (χ1v) is 7.38. The molecular formula is C16H23N3O4. The monoisotopic (exact) mass is 321 g/mol. The predicted octanol–water partition coefficient (Wildman–Crippen LogP) is 0.927. The highest BCUT2D eigenvalue weighted by atomic mass is 16.5. The Kier molecular flexibility index (Phi) is 7.05. The van der Waals surface area contributed by atoms with E-state index in [0.29, 0.717) is 0 Å². The molecule has 0 saturated carbocycles. The number of nitrogens with two attached hydrogens (primary N) is 1. The highest BCUT2D eigenvalue weighted by molar-refractivity contribution is 5.90. The summed E-state index contributed by atoms with van der Waals surface area (Å²) in [5.41, 5.74) is 6.07. The second-order valence-electron chi connectivity index (χ2n) is 5.56. The maximum atomic E-state index is 12.0. The van der Waals surface area contributed by atoms with E-state index in [9.17, 15) is 14.4 Å². The third-order valence-corrected chi connectivity index (χ3v) is 3.21. The van der Waals surface area contributed by atoms with Gasteiger partial charge in [-0.3, -0.25) is 9.59 Å². The number of benzene rings is 1. The smallest absolute Gasteiger partial charge is 0.408 e. The SMILES string of the molecule is CC(C)[C@H](NC(=O)[C@H](C)NC(=O)OCc1ccccc1)C(N)=O. The van der Waals surface area contributed by atoms with Gasteiger partial charge in [-0.05, 0) is 18.4 Å². The number of amides is 3. The molecule has 0 radical (unpaired) electrons. The summed E-state index contributed by atoms with van der Waals surface area (Å²) >= 11 is 0. The van der Waals surface area contributed by atoms with E-state index in [0.717, 1.165) is 5.56 Å². The first-order valence-electron chi connectivity index (χ1n) is 7.38. The van der Waals surface area contributed by atoms with Crippen molar-refractivity contribution < 1.29 is 19.1 Å². The fourth-order valence-corrected chi connectivity index (χ4v) is 1.85. The first kappa shape index (κ1) is 18.5. The molecule has 0 aliphatic heterocycles. The molecule has 126 valence electrons. The van der Waals surface area contributed by atoms with Crippen LogP contribution >= 0.6 is 0 Å². The van der Waals surface area contributed by atoms with Crippen molar-refractivity contribution in [3.8, 4) is 0 Å². The molecule has 0 spiro atoms. The molecule has 0 saturated heterocycles. The molecule has 7 heteroatoms. The quantitative estimate of drug-likeness (QED) is 0.693. The maximum absolute atomic E-state index is 12.0. The summed E-state index contributed by atoms with van der Waals surface area (Å²) in [6.45, 7) is 5.14. The molecule has 0 bridgehead atoms. The Balaban J connectivity index is 2.44. The van der Waals surface area contributed by atoms with E-state index < -0.39 is 30.0 Å². The second kappa shape index (κ2) is 8.77. The fraction of sp³-hybridized carbons (Fsp3) is 0.438. The molecule has 0 unspecified atom stereocenters. The Morgan fingerprint density at radius 2 is 1.70 bits per heavy atom. The van der Waals surface area contributed by atoms with Gasteiger partial charge in [0.25, 0.3) is 0 Å². The Hall–Kier alpha value is -2.57. The Morgan fingerprint density at radius 1 is 1.09 bits per heavy atom. The molecule has 1 aromatic carbocycles. The van der Waals surface area contributed by atoms with Crippen LogP contribution in [0.4, 0.5) is 4.79 Å². The van der Waals surface area contributed by atoms with E-state index in [1.165, 1.54) is 6.92 Å². The van der Waals surface area contributed by atoms with Crippen molar-refractivity contribution >= 4 is 17.9 Å². The lowest BCUT2D eigenvalue weighted by Gasteiger charge is -2.21. The number of rotatable bonds is 7. The topological polar surface area (TPSA) is 111 Å². The summed E-state index contributed by atoms with van der Waals surface area (Å²) in [4.78, 5) is 34.9. The minimum absolute atomic E-state index is 0.108. The van der Waals surface area contributed by atoms with Crippen molar-refractivity contribution in [2.75, 3.05) is 0 Å². The lowest BCUT2D eigenvalue weighted by molar-refractivity contribution is -0.129. The van der Waals surface area contributed by atoms with Crippen molar-refractivity contribution in [1.29, 1.82) is 0 Å². The van der Waals surface area contributed by atoms with Crippen molar-refractivity contribution in [3.63, 3.8) is 0 Å². The van der Waals surface area contributed by atoms with Gasteiger partial charge in [0.2, 0.25) is 11.8 Å². The molecule has 0 aliphatic rings. The van der Waals surface area contributed by atoms with Crippen LogP contribution in [0.5, 0.6) is 0 Å². The Bertz CT molecular complexity index is 546. The zero-order valence-electron chi connectivity index (χ0n) is 13.5. The molecule has 23 heavy (non-hydrogen) atoms. The Labute approximate surface area is 135 Å². The van der Waals surface area contributed by atoms with Crippen LogP contribution in [0.3, 0.4) is 0 Å². The molecular weight excluding hydrogens is 298 g/mol. The van der Waals surface area contributed by atoms with Crippen LogP contribution in [0, 0.1) is 5.92 Å². The van der Waals surface area contributed by atoms with Crippen molar-refractivity contribution in [2.45, 2.75) is 39.5 Å². The average Bonchev–Trinajstić information content (AvgIpc) is 2.50. The zero-order valence-corrected chi connectivity index (χ0v) is 13.5. The van der Waals surface area contributed by atoms with Crippen LogP contribution in [0.2, 0.25) is 0 Å². The summed E-state index contributed by atoms with van der Waals surface area (Å²) in [6.07, 6.45) is -0.711. The largest absolute Gasteiger partial charge is 0.445 e. The van der Waals surface area contributed by atoms with Crippen LogP contribution in [-0.4, -0.2) is 30.0 Å². The molecule has 0 heterocycles. The van der Waals surface area contributed by atoms with Crippen LogP contribution < -0.4 is 16.4 Å². The third kappa shape index (κ3) is 6.37. The van der Waals surface area contributed by atoms with E-state index in [1.54, 1.807) is 13.8 Å². The second-order valence-corrected chi connectivity index (χ2v) is 5.56. The third-order valence-electron chi connectivity index (χ3n) is 3.21. The number of carbonyl (C=O) groups is 3. The molecule has 1 rings (SSSR count). The average molecular weight is 321 g/mol. The lowest BCUT2D eigenvalue weighted by Crippen LogP contribution is -2.53. The number of ether oxygens (including phenoxy) is 1. The van der Waals surface area contributed by atoms with Crippen LogP contribution in [0.1, 0.15) is 26.3 Å². The molecule has 2 atom stereocenters.